The molecule has 0 N–H and O–H groups in total. The van der Waals surface area contributed by atoms with Crippen LogP contribution in [0.25, 0.3) is 0 Å². The zero-order valence-corrected chi connectivity index (χ0v) is 17.7. The Hall–Kier alpha value is -3.22. The summed E-state index contributed by atoms with van der Waals surface area (Å²) < 4.78 is 31.9. The Kier molecular flexibility index (Phi) is 7.39. The number of hydrogen-bond donors (Lipinski definition) is 0. The number of nitriles is 1. The number of piperidine rings is 1. The second kappa shape index (κ2) is 10.2. The second-order valence-corrected chi connectivity index (χ2v) is 9.01. The molecule has 162 valence electrons. The van der Waals surface area contributed by atoms with Gasteiger partial charge in [0.05, 0.1) is 16.9 Å². The molecule has 0 spiro atoms. The number of amides is 1. The molecule has 1 amide bonds. The summed E-state index contributed by atoms with van der Waals surface area (Å²) in [5.74, 6) is -1.50. The van der Waals surface area contributed by atoms with Gasteiger partial charge >= 0.3 is 5.97 Å². The van der Waals surface area contributed by atoms with Crippen LogP contribution in [0, 0.1) is 17.2 Å². The fourth-order valence-electron chi connectivity index (χ4n) is 3.40. The number of carbonyl (C=O) groups excluding carboxylic acids is 2. The van der Waals surface area contributed by atoms with Crippen molar-refractivity contribution in [3.63, 3.8) is 0 Å². The SMILES string of the molecule is N#CCN(C(=O)COC(=O)C1CCN(S(=O)(=O)c2ccccc2)CC1)c1ccccc1. The highest BCUT2D eigenvalue weighted by Gasteiger charge is 2.33. The van der Waals surface area contributed by atoms with Crippen LogP contribution in [0.15, 0.2) is 65.6 Å². The molecule has 0 saturated carbocycles. The Bertz CT molecular complexity index is 1040. The van der Waals surface area contributed by atoms with Crippen LogP contribution in [-0.2, 0) is 24.3 Å². The summed E-state index contributed by atoms with van der Waals surface area (Å²) in [5, 5.41) is 9.00. The molecule has 0 aliphatic carbocycles. The third-order valence-electron chi connectivity index (χ3n) is 5.10. The molecule has 0 bridgehead atoms. The normalized spacial score (nSPS) is 15.1. The first kappa shape index (κ1) is 22.5. The highest BCUT2D eigenvalue weighted by atomic mass is 32.2. The lowest BCUT2D eigenvalue weighted by Crippen LogP contribution is -2.41. The molecule has 1 aliphatic rings. The maximum absolute atomic E-state index is 12.7. The van der Waals surface area contributed by atoms with Crippen LogP contribution < -0.4 is 4.90 Å². The zero-order chi connectivity index (χ0) is 22.3. The van der Waals surface area contributed by atoms with Gasteiger partial charge in [-0.3, -0.25) is 14.5 Å². The van der Waals surface area contributed by atoms with E-state index in [4.69, 9.17) is 10.00 Å². The summed E-state index contributed by atoms with van der Waals surface area (Å²) in [6.07, 6.45) is 0.638. The van der Waals surface area contributed by atoms with Crippen molar-refractivity contribution in [3.05, 3.63) is 60.7 Å². The van der Waals surface area contributed by atoms with Gasteiger partial charge in [-0.2, -0.15) is 9.57 Å². The van der Waals surface area contributed by atoms with Crippen LogP contribution in [0.4, 0.5) is 5.69 Å². The van der Waals surface area contributed by atoms with Gasteiger partial charge in [-0.1, -0.05) is 36.4 Å². The fourth-order valence-corrected chi connectivity index (χ4v) is 4.89. The number of para-hydroxylation sites is 1. The van der Waals surface area contributed by atoms with Crippen molar-refractivity contribution >= 4 is 27.6 Å². The number of benzene rings is 2. The van der Waals surface area contributed by atoms with Gasteiger partial charge in [0, 0.05) is 18.8 Å². The van der Waals surface area contributed by atoms with Crippen LogP contribution in [0.5, 0.6) is 0 Å². The summed E-state index contributed by atoms with van der Waals surface area (Å²) in [6.45, 7) is -0.223. The van der Waals surface area contributed by atoms with E-state index in [1.165, 1.54) is 9.21 Å². The number of hydrogen-bond acceptors (Lipinski definition) is 6. The molecule has 0 aromatic heterocycles. The lowest BCUT2D eigenvalue weighted by atomic mass is 9.98. The smallest absolute Gasteiger partial charge is 0.309 e. The van der Waals surface area contributed by atoms with E-state index >= 15 is 0 Å². The van der Waals surface area contributed by atoms with E-state index in [9.17, 15) is 18.0 Å². The topological polar surface area (TPSA) is 108 Å². The average molecular weight is 442 g/mol. The minimum atomic E-state index is -3.60. The molecular weight excluding hydrogens is 418 g/mol. The van der Waals surface area contributed by atoms with Crippen molar-refractivity contribution in [2.75, 3.05) is 31.1 Å². The van der Waals surface area contributed by atoms with Gasteiger partial charge < -0.3 is 4.74 Å². The Morgan fingerprint density at radius 3 is 2.19 bits per heavy atom. The molecule has 1 heterocycles. The summed E-state index contributed by atoms with van der Waals surface area (Å²) in [7, 11) is -3.60. The molecule has 1 fully saturated rings. The maximum atomic E-state index is 12.7. The fraction of sp³-hybridized carbons (Fsp3) is 0.318. The number of sulfonamides is 1. The van der Waals surface area contributed by atoms with Crippen molar-refractivity contribution in [1.29, 1.82) is 5.26 Å². The van der Waals surface area contributed by atoms with E-state index < -0.39 is 34.4 Å². The summed E-state index contributed by atoms with van der Waals surface area (Å²) in [5.41, 5.74) is 0.546. The van der Waals surface area contributed by atoms with E-state index in [2.05, 4.69) is 0 Å². The molecular formula is C22H23N3O5S. The average Bonchev–Trinajstić information content (AvgIpc) is 2.82. The minimum Gasteiger partial charge on any atom is -0.455 e. The van der Waals surface area contributed by atoms with Crippen LogP contribution in [0.3, 0.4) is 0 Å². The number of nitrogens with zero attached hydrogens (tertiary/aromatic N) is 3. The van der Waals surface area contributed by atoms with Crippen LogP contribution in [0.2, 0.25) is 0 Å². The number of rotatable bonds is 7. The van der Waals surface area contributed by atoms with Gasteiger partial charge in [0.1, 0.15) is 6.54 Å². The molecule has 31 heavy (non-hydrogen) atoms. The highest BCUT2D eigenvalue weighted by Crippen LogP contribution is 2.24. The third-order valence-corrected chi connectivity index (χ3v) is 7.02. The first-order valence-electron chi connectivity index (χ1n) is 9.87. The van der Waals surface area contributed by atoms with Crippen molar-refractivity contribution < 1.29 is 22.7 Å². The lowest BCUT2D eigenvalue weighted by Gasteiger charge is -2.30. The van der Waals surface area contributed by atoms with E-state index in [0.717, 1.165) is 0 Å². The minimum absolute atomic E-state index is 0.157. The lowest BCUT2D eigenvalue weighted by molar-refractivity contribution is -0.153. The molecule has 2 aromatic rings. The summed E-state index contributed by atoms with van der Waals surface area (Å²) >= 11 is 0. The van der Waals surface area contributed by atoms with Gasteiger partial charge in [-0.05, 0) is 37.1 Å². The number of anilines is 1. The molecule has 0 radical (unpaired) electrons. The standard InChI is InChI=1S/C22H23N3O5S/c23-13-16-25(19-7-3-1-4-8-19)21(26)17-30-22(27)18-11-14-24(15-12-18)31(28,29)20-9-5-2-6-10-20/h1-10,18H,11-12,14-17H2. The van der Waals surface area contributed by atoms with Gasteiger partial charge in [-0.25, -0.2) is 8.42 Å². The number of esters is 1. The third kappa shape index (κ3) is 5.48. The summed E-state index contributed by atoms with van der Waals surface area (Å²) in [6, 6.07) is 18.8. The number of carbonyl (C=O) groups is 2. The molecule has 9 heteroatoms. The Morgan fingerprint density at radius 2 is 1.61 bits per heavy atom. The van der Waals surface area contributed by atoms with Gasteiger partial charge in [0.15, 0.2) is 6.61 Å². The van der Waals surface area contributed by atoms with Crippen molar-refractivity contribution in [2.24, 2.45) is 5.92 Å². The summed E-state index contributed by atoms with van der Waals surface area (Å²) in [4.78, 5) is 26.4. The molecule has 3 rings (SSSR count). The largest absolute Gasteiger partial charge is 0.455 e. The predicted molar refractivity (Wildman–Crippen MR) is 113 cm³/mol. The first-order chi connectivity index (χ1) is 14.9. The van der Waals surface area contributed by atoms with E-state index in [1.807, 2.05) is 6.07 Å². The monoisotopic (exact) mass is 441 g/mol. The van der Waals surface area contributed by atoms with E-state index in [0.29, 0.717) is 18.5 Å². The number of ether oxygens (including phenoxy) is 1. The zero-order valence-electron chi connectivity index (χ0n) is 16.9. The Balaban J connectivity index is 1.53. The van der Waals surface area contributed by atoms with Crippen molar-refractivity contribution in [1.82, 2.24) is 4.31 Å². The van der Waals surface area contributed by atoms with Crippen LogP contribution in [0.1, 0.15) is 12.8 Å². The van der Waals surface area contributed by atoms with Crippen molar-refractivity contribution in [3.8, 4) is 6.07 Å². The quantitative estimate of drug-likeness (QED) is 0.481. The van der Waals surface area contributed by atoms with Gasteiger partial charge in [0.2, 0.25) is 10.0 Å². The van der Waals surface area contributed by atoms with Crippen LogP contribution in [-0.4, -0.2) is 50.8 Å². The van der Waals surface area contributed by atoms with Gasteiger partial charge in [-0.15, -0.1) is 0 Å². The molecule has 0 atom stereocenters. The predicted octanol–water partition coefficient (Wildman–Crippen LogP) is 2.19. The maximum Gasteiger partial charge on any atom is 0.309 e. The van der Waals surface area contributed by atoms with Gasteiger partial charge in [0.25, 0.3) is 5.91 Å². The van der Waals surface area contributed by atoms with Crippen LogP contribution >= 0.6 is 0 Å². The Morgan fingerprint density at radius 1 is 1.03 bits per heavy atom. The molecule has 0 unspecified atom stereocenters. The molecule has 1 saturated heterocycles. The molecule has 1 aliphatic heterocycles. The second-order valence-electron chi connectivity index (χ2n) is 7.07. The van der Waals surface area contributed by atoms with E-state index in [1.54, 1.807) is 60.7 Å². The Labute approximate surface area is 181 Å². The molecule has 2 aromatic carbocycles. The van der Waals surface area contributed by atoms with Crippen molar-refractivity contribution in [2.45, 2.75) is 17.7 Å². The highest BCUT2D eigenvalue weighted by molar-refractivity contribution is 7.89. The first-order valence-corrected chi connectivity index (χ1v) is 11.3. The van der Waals surface area contributed by atoms with E-state index in [-0.39, 0.29) is 24.5 Å². The molecule has 8 nitrogen and oxygen atoms in total.